The van der Waals surface area contributed by atoms with Gasteiger partial charge in [0.05, 0.1) is 6.54 Å². The number of oxazole rings is 1. The summed E-state index contributed by atoms with van der Waals surface area (Å²) in [5, 5.41) is 0. The molecule has 0 radical (unpaired) electrons. The van der Waals surface area contributed by atoms with Gasteiger partial charge in [0.2, 0.25) is 0 Å². The molecule has 0 fully saturated rings. The fourth-order valence-electron chi connectivity index (χ4n) is 1.99. The molecule has 1 aromatic carbocycles. The van der Waals surface area contributed by atoms with E-state index in [0.717, 1.165) is 5.56 Å². The number of hydrogen-bond acceptors (Lipinski definition) is 4. The van der Waals surface area contributed by atoms with E-state index in [0.29, 0.717) is 18.1 Å². The van der Waals surface area contributed by atoms with Crippen molar-refractivity contribution in [3.05, 3.63) is 78.6 Å². The number of rotatable bonds is 4. The summed E-state index contributed by atoms with van der Waals surface area (Å²) < 4.78 is 4.99. The molecule has 3 rings (SSSR count). The van der Waals surface area contributed by atoms with Crippen molar-refractivity contribution in [2.75, 3.05) is 4.90 Å². The Balaban J connectivity index is 1.92. The van der Waals surface area contributed by atoms with Gasteiger partial charge in [-0.15, -0.1) is 0 Å². The fraction of sp³-hybridized carbons (Fsp3) is 0.0625. The second-order valence-electron chi connectivity index (χ2n) is 4.44. The van der Waals surface area contributed by atoms with Crippen molar-refractivity contribution < 1.29 is 9.21 Å². The van der Waals surface area contributed by atoms with Crippen LogP contribution in [0.4, 0.5) is 5.82 Å². The van der Waals surface area contributed by atoms with Gasteiger partial charge in [-0.1, -0.05) is 36.4 Å². The van der Waals surface area contributed by atoms with Crippen molar-refractivity contribution in [1.29, 1.82) is 0 Å². The molecule has 0 unspecified atom stereocenters. The SMILES string of the molecule is O=C(c1ccccn1)N(Cc1ccccc1)c1cocn1. The minimum absolute atomic E-state index is 0.214. The first-order valence-electron chi connectivity index (χ1n) is 6.49. The Hall–Kier alpha value is -2.95. The number of carbonyl (C=O) groups excluding carboxylic acids is 1. The third-order valence-electron chi connectivity index (χ3n) is 3.01. The largest absolute Gasteiger partial charge is 0.449 e. The van der Waals surface area contributed by atoms with E-state index in [4.69, 9.17) is 4.42 Å². The molecule has 0 atom stereocenters. The normalized spacial score (nSPS) is 10.3. The molecular formula is C16H13N3O2. The van der Waals surface area contributed by atoms with Gasteiger partial charge in [0, 0.05) is 6.20 Å². The van der Waals surface area contributed by atoms with Crippen molar-refractivity contribution in [3.63, 3.8) is 0 Å². The summed E-state index contributed by atoms with van der Waals surface area (Å²) in [6.07, 6.45) is 4.35. The Morgan fingerprint density at radius 3 is 2.52 bits per heavy atom. The molecule has 0 N–H and O–H groups in total. The molecule has 104 valence electrons. The molecule has 0 aliphatic heterocycles. The minimum atomic E-state index is -0.214. The Bertz CT molecular complexity index is 697. The Morgan fingerprint density at radius 1 is 1.05 bits per heavy atom. The third kappa shape index (κ3) is 2.97. The molecule has 5 nitrogen and oxygen atoms in total. The number of anilines is 1. The molecule has 1 amide bonds. The van der Waals surface area contributed by atoms with Gasteiger partial charge in [0.1, 0.15) is 12.0 Å². The number of aromatic nitrogens is 2. The summed E-state index contributed by atoms with van der Waals surface area (Å²) in [5.41, 5.74) is 1.38. The van der Waals surface area contributed by atoms with Crippen LogP contribution in [-0.4, -0.2) is 15.9 Å². The van der Waals surface area contributed by atoms with Crippen LogP contribution in [0.25, 0.3) is 0 Å². The van der Waals surface area contributed by atoms with E-state index >= 15 is 0 Å². The highest BCUT2D eigenvalue weighted by Crippen LogP contribution is 2.17. The van der Waals surface area contributed by atoms with Gasteiger partial charge in [-0.3, -0.25) is 14.7 Å². The maximum Gasteiger partial charge on any atom is 0.278 e. The van der Waals surface area contributed by atoms with Crippen LogP contribution in [0.1, 0.15) is 16.1 Å². The van der Waals surface area contributed by atoms with Gasteiger partial charge in [-0.2, -0.15) is 4.98 Å². The number of amides is 1. The molecule has 0 aliphatic rings. The van der Waals surface area contributed by atoms with Gasteiger partial charge in [0.15, 0.2) is 12.2 Å². The van der Waals surface area contributed by atoms with Crippen LogP contribution in [0.3, 0.4) is 0 Å². The molecule has 0 spiro atoms. The molecule has 2 aromatic heterocycles. The van der Waals surface area contributed by atoms with Gasteiger partial charge < -0.3 is 4.42 Å². The second kappa shape index (κ2) is 6.00. The summed E-state index contributed by atoms with van der Waals surface area (Å²) in [5.74, 6) is 0.253. The molecule has 21 heavy (non-hydrogen) atoms. The van der Waals surface area contributed by atoms with Crippen LogP contribution in [0.15, 0.2) is 71.8 Å². The lowest BCUT2D eigenvalue weighted by Gasteiger charge is -2.19. The van der Waals surface area contributed by atoms with Crippen LogP contribution in [0, 0.1) is 0 Å². The van der Waals surface area contributed by atoms with Crippen LogP contribution in [0.5, 0.6) is 0 Å². The second-order valence-corrected chi connectivity index (χ2v) is 4.44. The highest BCUT2D eigenvalue weighted by molar-refractivity contribution is 6.03. The van der Waals surface area contributed by atoms with Crippen molar-refractivity contribution in [2.45, 2.75) is 6.54 Å². The van der Waals surface area contributed by atoms with Crippen LogP contribution in [0.2, 0.25) is 0 Å². The van der Waals surface area contributed by atoms with Crippen molar-refractivity contribution in [3.8, 4) is 0 Å². The minimum Gasteiger partial charge on any atom is -0.449 e. The number of carbonyl (C=O) groups is 1. The topological polar surface area (TPSA) is 59.2 Å². The Labute approximate surface area is 121 Å². The Morgan fingerprint density at radius 2 is 1.86 bits per heavy atom. The highest BCUT2D eigenvalue weighted by Gasteiger charge is 2.21. The number of nitrogens with zero attached hydrogens (tertiary/aromatic N) is 3. The molecule has 0 bridgehead atoms. The van der Waals surface area contributed by atoms with Crippen LogP contribution >= 0.6 is 0 Å². The summed E-state index contributed by atoms with van der Waals surface area (Å²) in [6.45, 7) is 0.406. The Kier molecular flexibility index (Phi) is 3.73. The first-order chi connectivity index (χ1) is 10.3. The lowest BCUT2D eigenvalue weighted by atomic mass is 10.2. The summed E-state index contributed by atoms with van der Waals surface area (Å²) >= 11 is 0. The average Bonchev–Trinajstić information content (AvgIpc) is 3.08. The first kappa shape index (κ1) is 13.1. The zero-order chi connectivity index (χ0) is 14.5. The summed E-state index contributed by atoms with van der Waals surface area (Å²) in [6, 6.07) is 14.9. The smallest absolute Gasteiger partial charge is 0.278 e. The zero-order valence-electron chi connectivity index (χ0n) is 11.2. The number of benzene rings is 1. The molecule has 0 saturated heterocycles. The predicted octanol–water partition coefficient (Wildman–Crippen LogP) is 2.92. The van der Waals surface area contributed by atoms with E-state index in [-0.39, 0.29) is 5.91 Å². The first-order valence-corrected chi connectivity index (χ1v) is 6.49. The molecular weight excluding hydrogens is 266 g/mol. The van der Waals surface area contributed by atoms with Crippen molar-refractivity contribution in [2.24, 2.45) is 0 Å². The monoisotopic (exact) mass is 279 g/mol. The summed E-state index contributed by atoms with van der Waals surface area (Å²) in [4.78, 5) is 22.3. The molecule has 3 aromatic rings. The molecule has 0 aliphatic carbocycles. The van der Waals surface area contributed by atoms with E-state index in [2.05, 4.69) is 9.97 Å². The molecule has 0 saturated carbocycles. The number of pyridine rings is 1. The van der Waals surface area contributed by atoms with Gasteiger partial charge in [0.25, 0.3) is 5.91 Å². The average molecular weight is 279 g/mol. The lowest BCUT2D eigenvalue weighted by Crippen LogP contribution is -2.31. The van der Waals surface area contributed by atoms with Crippen LogP contribution in [-0.2, 0) is 6.54 Å². The van der Waals surface area contributed by atoms with Crippen LogP contribution < -0.4 is 4.90 Å². The summed E-state index contributed by atoms with van der Waals surface area (Å²) in [7, 11) is 0. The molecule has 5 heteroatoms. The van der Waals surface area contributed by atoms with E-state index in [1.165, 1.54) is 12.7 Å². The van der Waals surface area contributed by atoms with E-state index in [1.807, 2.05) is 30.3 Å². The van der Waals surface area contributed by atoms with Gasteiger partial charge in [-0.25, -0.2) is 0 Å². The van der Waals surface area contributed by atoms with E-state index < -0.39 is 0 Å². The number of hydrogen-bond donors (Lipinski definition) is 0. The fourth-order valence-corrected chi connectivity index (χ4v) is 1.99. The van der Waals surface area contributed by atoms with Crippen molar-refractivity contribution >= 4 is 11.7 Å². The van der Waals surface area contributed by atoms with Gasteiger partial charge in [-0.05, 0) is 17.7 Å². The maximum absolute atomic E-state index is 12.6. The predicted molar refractivity (Wildman–Crippen MR) is 77.7 cm³/mol. The van der Waals surface area contributed by atoms with E-state index in [1.54, 1.807) is 29.3 Å². The third-order valence-corrected chi connectivity index (χ3v) is 3.01. The standard InChI is InChI=1S/C16H13N3O2/c20-16(14-8-4-5-9-17-14)19(15-11-21-12-18-15)10-13-6-2-1-3-7-13/h1-9,11-12H,10H2. The zero-order valence-corrected chi connectivity index (χ0v) is 11.2. The molecule has 2 heterocycles. The lowest BCUT2D eigenvalue weighted by molar-refractivity contribution is 0.0979. The van der Waals surface area contributed by atoms with Crippen molar-refractivity contribution in [1.82, 2.24) is 9.97 Å². The highest BCUT2D eigenvalue weighted by atomic mass is 16.3. The quantitative estimate of drug-likeness (QED) is 0.736. The maximum atomic E-state index is 12.6. The van der Waals surface area contributed by atoms with Gasteiger partial charge >= 0.3 is 0 Å². The van der Waals surface area contributed by atoms with E-state index in [9.17, 15) is 4.79 Å².